The lowest BCUT2D eigenvalue weighted by molar-refractivity contribution is 1.09. The minimum absolute atomic E-state index is 0.655. The third kappa shape index (κ3) is 5.95. The van der Waals surface area contributed by atoms with Crippen LogP contribution in [0.15, 0.2) is 219 Å². The van der Waals surface area contributed by atoms with Gasteiger partial charge in [-0.15, -0.1) is 11.3 Å². The number of para-hydroxylation sites is 2. The molecule has 14 aromatic rings. The highest BCUT2D eigenvalue weighted by atomic mass is 32.1. The van der Waals surface area contributed by atoms with Crippen molar-refractivity contribution in [3.05, 3.63) is 219 Å². The molecule has 6 nitrogen and oxygen atoms in total. The number of thiophene rings is 1. The summed E-state index contributed by atoms with van der Waals surface area (Å²) in [6.45, 7) is 0. The van der Waals surface area contributed by atoms with Crippen molar-refractivity contribution in [2.45, 2.75) is 0 Å². The van der Waals surface area contributed by atoms with E-state index in [0.717, 1.165) is 83.3 Å². The Kier molecular flexibility index (Phi) is 8.35. The summed E-state index contributed by atoms with van der Waals surface area (Å²) in [7, 11) is 0. The maximum atomic E-state index is 5.38. The van der Waals surface area contributed by atoms with E-state index in [1.54, 1.807) is 0 Å². The van der Waals surface area contributed by atoms with Crippen LogP contribution in [0, 0.1) is 0 Å². The summed E-state index contributed by atoms with van der Waals surface area (Å²) in [5.41, 5.74) is 12.8. The van der Waals surface area contributed by atoms with Gasteiger partial charge in [-0.2, -0.15) is 0 Å². The molecule has 0 aliphatic carbocycles. The maximum Gasteiger partial charge on any atom is 0.160 e. The van der Waals surface area contributed by atoms with Gasteiger partial charge in [-0.25, -0.2) is 19.9 Å². The van der Waals surface area contributed by atoms with E-state index in [0.29, 0.717) is 5.82 Å². The van der Waals surface area contributed by atoms with E-state index < -0.39 is 0 Å². The fraction of sp³-hybridized carbons (Fsp3) is 0. The lowest BCUT2D eigenvalue weighted by atomic mass is 9.96. The molecule has 0 amide bonds. The van der Waals surface area contributed by atoms with E-state index in [2.05, 4.69) is 185 Å². The van der Waals surface area contributed by atoms with Gasteiger partial charge in [0.25, 0.3) is 0 Å². The van der Waals surface area contributed by atoms with Crippen LogP contribution in [0.1, 0.15) is 0 Å². The Morgan fingerprint density at radius 3 is 1.58 bits per heavy atom. The molecule has 0 spiro atoms. The van der Waals surface area contributed by atoms with Gasteiger partial charge in [0.1, 0.15) is 11.3 Å². The van der Waals surface area contributed by atoms with Gasteiger partial charge in [-0.05, 0) is 89.1 Å². The molecule has 0 aliphatic heterocycles. The standard InChI is InChI=1S/C60H36N6S/c1-2-14-39(15-3-1)58-63-51(38-28-26-37(27-29-38)50-34-40-16-4-5-17-44(40)56-49-20-8-11-25-55(49)67-57(50)56)36-52(64-58)41-32-42(65-53-23-9-6-18-45(53)47-21-12-30-61-59(47)65)35-43(33-41)66-54-24-10-7-19-46(54)48-22-13-31-62-60(48)66/h1-36H. The molecule has 0 aliphatic rings. The van der Waals surface area contributed by atoms with Gasteiger partial charge in [-0.3, -0.25) is 9.13 Å². The minimum Gasteiger partial charge on any atom is -0.294 e. The predicted molar refractivity (Wildman–Crippen MR) is 278 cm³/mol. The van der Waals surface area contributed by atoms with Crippen LogP contribution in [0.4, 0.5) is 0 Å². The van der Waals surface area contributed by atoms with Gasteiger partial charge >= 0.3 is 0 Å². The molecule has 0 saturated heterocycles. The molecule has 8 aromatic carbocycles. The number of nitrogens with zero attached hydrogens (tertiary/aromatic N) is 6. The van der Waals surface area contributed by atoms with Gasteiger partial charge in [0.15, 0.2) is 5.82 Å². The van der Waals surface area contributed by atoms with Crippen LogP contribution in [0.25, 0.3) is 131 Å². The number of aromatic nitrogens is 6. The number of rotatable bonds is 6. The quantitative estimate of drug-likeness (QED) is 0.167. The fourth-order valence-electron chi connectivity index (χ4n) is 10.2. The van der Waals surface area contributed by atoms with Crippen molar-refractivity contribution in [1.82, 2.24) is 29.1 Å². The van der Waals surface area contributed by atoms with Crippen LogP contribution in [0.2, 0.25) is 0 Å². The van der Waals surface area contributed by atoms with E-state index in [1.807, 2.05) is 54.1 Å². The highest BCUT2D eigenvalue weighted by molar-refractivity contribution is 7.26. The van der Waals surface area contributed by atoms with Crippen molar-refractivity contribution in [3.8, 4) is 56.4 Å². The van der Waals surface area contributed by atoms with Crippen molar-refractivity contribution >= 4 is 86.2 Å². The highest BCUT2D eigenvalue weighted by Crippen LogP contribution is 2.45. The molecule has 14 rings (SSSR count). The van der Waals surface area contributed by atoms with Gasteiger partial charge in [0.2, 0.25) is 0 Å². The highest BCUT2D eigenvalue weighted by Gasteiger charge is 2.21. The molecule has 6 aromatic heterocycles. The summed E-state index contributed by atoms with van der Waals surface area (Å²) in [5.74, 6) is 0.655. The molecule has 0 bridgehead atoms. The Hall–Kier alpha value is -8.78. The van der Waals surface area contributed by atoms with Gasteiger partial charge in [0, 0.05) is 76.4 Å². The first-order chi connectivity index (χ1) is 33.2. The van der Waals surface area contributed by atoms with Crippen LogP contribution >= 0.6 is 11.3 Å². The molecule has 0 unspecified atom stereocenters. The SMILES string of the molecule is c1ccc(-c2nc(-c3ccc(-c4cc5ccccc5c5c4sc4ccccc45)cc3)cc(-c3cc(-n4c5ccccc5c5cccnc54)cc(-n4c5ccccc5c5cccnc54)c3)n2)cc1. The smallest absolute Gasteiger partial charge is 0.160 e. The van der Waals surface area contributed by atoms with Gasteiger partial charge in [0.05, 0.1) is 33.8 Å². The summed E-state index contributed by atoms with van der Waals surface area (Å²) in [6, 6.07) is 73.3. The summed E-state index contributed by atoms with van der Waals surface area (Å²) in [6.07, 6.45) is 3.75. The molecule has 0 radical (unpaired) electrons. The zero-order valence-corrected chi connectivity index (χ0v) is 36.7. The minimum atomic E-state index is 0.655. The molecular formula is C60H36N6S. The largest absolute Gasteiger partial charge is 0.294 e. The van der Waals surface area contributed by atoms with Crippen LogP contribution < -0.4 is 0 Å². The number of fused-ring (bicyclic) bond motifs is 11. The van der Waals surface area contributed by atoms with E-state index in [-0.39, 0.29) is 0 Å². The number of benzene rings is 8. The van der Waals surface area contributed by atoms with E-state index in [9.17, 15) is 0 Å². The summed E-state index contributed by atoms with van der Waals surface area (Å²) >= 11 is 1.87. The summed E-state index contributed by atoms with van der Waals surface area (Å²) < 4.78 is 7.15. The summed E-state index contributed by atoms with van der Waals surface area (Å²) in [4.78, 5) is 20.6. The molecule has 67 heavy (non-hydrogen) atoms. The third-order valence-electron chi connectivity index (χ3n) is 13.2. The van der Waals surface area contributed by atoms with Gasteiger partial charge < -0.3 is 0 Å². The normalized spacial score (nSPS) is 11.9. The van der Waals surface area contributed by atoms with Crippen LogP contribution in [-0.4, -0.2) is 29.1 Å². The second-order valence-corrected chi connectivity index (χ2v) is 18.1. The molecule has 312 valence electrons. The molecule has 0 saturated carbocycles. The number of pyridine rings is 2. The Morgan fingerprint density at radius 2 is 0.910 bits per heavy atom. The maximum absolute atomic E-state index is 5.38. The van der Waals surface area contributed by atoms with Crippen LogP contribution in [-0.2, 0) is 0 Å². The molecule has 0 atom stereocenters. The first kappa shape index (κ1) is 37.6. The zero-order chi connectivity index (χ0) is 44.0. The molecular weight excluding hydrogens is 837 g/mol. The number of hydrogen-bond acceptors (Lipinski definition) is 5. The Balaban J connectivity index is 0.990. The third-order valence-corrected chi connectivity index (χ3v) is 14.4. The van der Waals surface area contributed by atoms with Crippen molar-refractivity contribution in [2.75, 3.05) is 0 Å². The van der Waals surface area contributed by atoms with Crippen molar-refractivity contribution in [2.24, 2.45) is 0 Å². The summed E-state index contributed by atoms with van der Waals surface area (Å²) in [5, 5.41) is 9.63. The predicted octanol–water partition coefficient (Wildman–Crippen LogP) is 15.6. The Bertz CT molecular complexity index is 4040. The average molecular weight is 873 g/mol. The number of hydrogen-bond donors (Lipinski definition) is 0. The van der Waals surface area contributed by atoms with Crippen LogP contribution in [0.5, 0.6) is 0 Å². The van der Waals surface area contributed by atoms with Crippen molar-refractivity contribution in [1.29, 1.82) is 0 Å². The topological polar surface area (TPSA) is 61.4 Å². The zero-order valence-electron chi connectivity index (χ0n) is 35.9. The van der Waals surface area contributed by atoms with Crippen molar-refractivity contribution < 1.29 is 0 Å². The van der Waals surface area contributed by atoms with E-state index in [4.69, 9.17) is 19.9 Å². The first-order valence-corrected chi connectivity index (χ1v) is 23.3. The molecule has 0 fully saturated rings. The second-order valence-electron chi connectivity index (χ2n) is 17.0. The van der Waals surface area contributed by atoms with E-state index >= 15 is 0 Å². The molecule has 0 N–H and O–H groups in total. The van der Waals surface area contributed by atoms with Crippen molar-refractivity contribution in [3.63, 3.8) is 0 Å². The molecule has 6 heterocycles. The lowest BCUT2D eigenvalue weighted by Gasteiger charge is -2.16. The second kappa shape index (κ2) is 14.9. The average Bonchev–Trinajstić information content (AvgIpc) is 4.07. The Morgan fingerprint density at radius 1 is 0.373 bits per heavy atom. The van der Waals surface area contributed by atoms with Crippen LogP contribution in [0.3, 0.4) is 0 Å². The lowest BCUT2D eigenvalue weighted by Crippen LogP contribution is -2.02. The van der Waals surface area contributed by atoms with Gasteiger partial charge in [-0.1, -0.05) is 133 Å². The fourth-order valence-corrected chi connectivity index (χ4v) is 11.4. The molecule has 7 heteroatoms. The monoisotopic (exact) mass is 872 g/mol. The first-order valence-electron chi connectivity index (χ1n) is 22.4. The Labute approximate surface area is 388 Å². The van der Waals surface area contributed by atoms with E-state index in [1.165, 1.54) is 42.1 Å².